The molecule has 6 heteroatoms. The number of benzene rings is 1. The molecule has 0 bridgehead atoms. The van der Waals surface area contributed by atoms with Gasteiger partial charge in [0.05, 0.1) is 17.4 Å². The monoisotopic (exact) mass is 308 g/mol. The molecule has 0 radical (unpaired) electrons. The molecule has 21 heavy (non-hydrogen) atoms. The average molecular weight is 308 g/mol. The molecular formula is C15H20N2O3S. The Hall–Kier alpha value is -1.42. The Kier molecular flexibility index (Phi) is 5.34. The Morgan fingerprint density at radius 1 is 1.33 bits per heavy atom. The number of rotatable bonds is 6. The molecule has 0 aromatic heterocycles. The Morgan fingerprint density at radius 2 is 2.10 bits per heavy atom. The summed E-state index contributed by atoms with van der Waals surface area (Å²) in [4.78, 5) is 0. The fourth-order valence-electron chi connectivity index (χ4n) is 2.86. The highest BCUT2D eigenvalue weighted by Gasteiger charge is 2.27. The summed E-state index contributed by atoms with van der Waals surface area (Å²) < 4.78 is 26.8. The van der Waals surface area contributed by atoms with Crippen LogP contribution in [0, 0.1) is 23.2 Å². The van der Waals surface area contributed by atoms with E-state index in [-0.39, 0.29) is 24.2 Å². The number of aliphatic hydroxyl groups is 1. The maximum atomic E-state index is 12.1. The van der Waals surface area contributed by atoms with Gasteiger partial charge < -0.3 is 5.11 Å². The lowest BCUT2D eigenvalue weighted by Gasteiger charge is -2.17. The SMILES string of the molecule is N#Cc1cccc(CS(=O)(=O)NCC2CCCC2CO)c1. The van der Waals surface area contributed by atoms with E-state index in [4.69, 9.17) is 5.26 Å². The van der Waals surface area contributed by atoms with Crippen molar-refractivity contribution in [3.05, 3.63) is 35.4 Å². The highest BCUT2D eigenvalue weighted by atomic mass is 32.2. The molecule has 0 heterocycles. The van der Waals surface area contributed by atoms with E-state index in [0.717, 1.165) is 19.3 Å². The first-order valence-corrected chi connectivity index (χ1v) is 8.76. The number of nitriles is 1. The Balaban J connectivity index is 1.94. The van der Waals surface area contributed by atoms with E-state index in [1.165, 1.54) is 0 Å². The van der Waals surface area contributed by atoms with Crippen LogP contribution in [0.5, 0.6) is 0 Å². The Morgan fingerprint density at radius 3 is 2.81 bits per heavy atom. The van der Waals surface area contributed by atoms with Crippen molar-refractivity contribution in [1.29, 1.82) is 5.26 Å². The predicted molar refractivity (Wildman–Crippen MR) is 79.7 cm³/mol. The molecule has 2 N–H and O–H groups in total. The van der Waals surface area contributed by atoms with Gasteiger partial charge in [-0.25, -0.2) is 13.1 Å². The van der Waals surface area contributed by atoms with Gasteiger partial charge in [0.15, 0.2) is 0 Å². The summed E-state index contributed by atoms with van der Waals surface area (Å²) in [5, 5.41) is 18.1. The Labute approximate surface area is 125 Å². The van der Waals surface area contributed by atoms with Gasteiger partial charge in [-0.2, -0.15) is 5.26 Å². The lowest BCUT2D eigenvalue weighted by Crippen LogP contribution is -2.32. The summed E-state index contributed by atoms with van der Waals surface area (Å²) in [7, 11) is -3.42. The molecule has 0 aliphatic heterocycles. The standard InChI is InChI=1S/C15H20N2O3S/c16-8-12-3-1-4-13(7-12)11-21(19,20)17-9-14-5-2-6-15(14)10-18/h1,3-4,7,14-15,17-18H,2,5-6,9-11H2. The zero-order chi connectivity index (χ0) is 15.3. The molecule has 5 nitrogen and oxygen atoms in total. The molecular weight excluding hydrogens is 288 g/mol. The van der Waals surface area contributed by atoms with Gasteiger partial charge >= 0.3 is 0 Å². The van der Waals surface area contributed by atoms with Crippen molar-refractivity contribution in [1.82, 2.24) is 4.72 Å². The van der Waals surface area contributed by atoms with Crippen LogP contribution in [0.25, 0.3) is 0 Å². The second kappa shape index (κ2) is 7.03. The van der Waals surface area contributed by atoms with Crippen LogP contribution in [-0.4, -0.2) is 26.7 Å². The third-order valence-electron chi connectivity index (χ3n) is 4.03. The van der Waals surface area contributed by atoms with Crippen LogP contribution in [0.2, 0.25) is 0 Å². The summed E-state index contributed by atoms with van der Waals surface area (Å²) in [6.45, 7) is 0.502. The van der Waals surface area contributed by atoms with Gasteiger partial charge in [-0.05, 0) is 42.4 Å². The van der Waals surface area contributed by atoms with E-state index >= 15 is 0 Å². The van der Waals surface area contributed by atoms with E-state index in [1.807, 2.05) is 6.07 Å². The third-order valence-corrected chi connectivity index (χ3v) is 5.35. The predicted octanol–water partition coefficient (Wildman–Crippen LogP) is 1.39. The lowest BCUT2D eigenvalue weighted by atomic mass is 9.97. The largest absolute Gasteiger partial charge is 0.396 e. The maximum Gasteiger partial charge on any atom is 0.215 e. The van der Waals surface area contributed by atoms with Gasteiger partial charge in [0, 0.05) is 13.2 Å². The van der Waals surface area contributed by atoms with Crippen molar-refractivity contribution < 1.29 is 13.5 Å². The van der Waals surface area contributed by atoms with Crippen molar-refractivity contribution in [3.63, 3.8) is 0 Å². The second-order valence-electron chi connectivity index (χ2n) is 5.55. The first-order chi connectivity index (χ1) is 10.0. The number of hydrogen-bond acceptors (Lipinski definition) is 4. The number of sulfonamides is 1. The van der Waals surface area contributed by atoms with Crippen LogP contribution in [-0.2, 0) is 15.8 Å². The minimum absolute atomic E-state index is 0.122. The van der Waals surface area contributed by atoms with Crippen molar-refractivity contribution >= 4 is 10.0 Å². The second-order valence-corrected chi connectivity index (χ2v) is 7.36. The van der Waals surface area contributed by atoms with E-state index in [1.54, 1.807) is 24.3 Å². The van der Waals surface area contributed by atoms with Gasteiger partial charge in [0.1, 0.15) is 0 Å². The van der Waals surface area contributed by atoms with Crippen molar-refractivity contribution in [2.75, 3.05) is 13.2 Å². The van der Waals surface area contributed by atoms with E-state index in [2.05, 4.69) is 4.72 Å². The highest BCUT2D eigenvalue weighted by Crippen LogP contribution is 2.30. The minimum atomic E-state index is -3.42. The van der Waals surface area contributed by atoms with Crippen molar-refractivity contribution in [3.8, 4) is 6.07 Å². The summed E-state index contributed by atoms with van der Waals surface area (Å²) >= 11 is 0. The normalized spacial score (nSPS) is 22.1. The zero-order valence-electron chi connectivity index (χ0n) is 11.8. The summed E-state index contributed by atoms with van der Waals surface area (Å²) in [5.41, 5.74) is 1.06. The summed E-state index contributed by atoms with van der Waals surface area (Å²) in [5.74, 6) is 0.295. The fourth-order valence-corrected chi connectivity index (χ4v) is 4.05. The first-order valence-electron chi connectivity index (χ1n) is 7.11. The molecule has 1 fully saturated rings. The molecule has 0 spiro atoms. The number of nitrogens with one attached hydrogen (secondary N) is 1. The zero-order valence-corrected chi connectivity index (χ0v) is 12.6. The summed E-state index contributed by atoms with van der Waals surface area (Å²) in [6, 6.07) is 8.62. The molecule has 1 aromatic rings. The molecule has 1 aromatic carbocycles. The highest BCUT2D eigenvalue weighted by molar-refractivity contribution is 7.88. The Bertz CT molecular complexity index is 622. The minimum Gasteiger partial charge on any atom is -0.396 e. The van der Waals surface area contributed by atoms with Crippen LogP contribution < -0.4 is 4.72 Å². The van der Waals surface area contributed by atoms with Crippen LogP contribution in [0.1, 0.15) is 30.4 Å². The van der Waals surface area contributed by atoms with Crippen LogP contribution in [0.3, 0.4) is 0 Å². The van der Waals surface area contributed by atoms with Crippen LogP contribution >= 0.6 is 0 Å². The smallest absolute Gasteiger partial charge is 0.215 e. The molecule has 1 aliphatic rings. The quantitative estimate of drug-likeness (QED) is 0.831. The van der Waals surface area contributed by atoms with Crippen LogP contribution in [0.4, 0.5) is 0 Å². The van der Waals surface area contributed by atoms with Gasteiger partial charge in [-0.1, -0.05) is 18.6 Å². The van der Waals surface area contributed by atoms with Gasteiger partial charge in [0.25, 0.3) is 0 Å². The van der Waals surface area contributed by atoms with Crippen molar-refractivity contribution in [2.45, 2.75) is 25.0 Å². The molecule has 0 amide bonds. The first kappa shape index (κ1) is 16.0. The van der Waals surface area contributed by atoms with E-state index < -0.39 is 10.0 Å². The number of aliphatic hydroxyl groups excluding tert-OH is 1. The van der Waals surface area contributed by atoms with E-state index in [0.29, 0.717) is 17.7 Å². The molecule has 2 atom stereocenters. The van der Waals surface area contributed by atoms with Crippen LogP contribution in [0.15, 0.2) is 24.3 Å². The molecule has 2 unspecified atom stereocenters. The topological polar surface area (TPSA) is 90.2 Å². The molecule has 0 saturated heterocycles. The lowest BCUT2D eigenvalue weighted by molar-refractivity contribution is 0.195. The number of hydrogen-bond donors (Lipinski definition) is 2. The van der Waals surface area contributed by atoms with Crippen molar-refractivity contribution in [2.24, 2.45) is 11.8 Å². The fraction of sp³-hybridized carbons (Fsp3) is 0.533. The van der Waals surface area contributed by atoms with E-state index in [9.17, 15) is 13.5 Å². The third kappa shape index (κ3) is 4.53. The molecule has 2 rings (SSSR count). The molecule has 1 saturated carbocycles. The van der Waals surface area contributed by atoms with Gasteiger partial charge in [-0.15, -0.1) is 0 Å². The molecule has 114 valence electrons. The van der Waals surface area contributed by atoms with Gasteiger partial charge in [0.2, 0.25) is 10.0 Å². The average Bonchev–Trinajstić information content (AvgIpc) is 2.92. The summed E-state index contributed by atoms with van der Waals surface area (Å²) in [6.07, 6.45) is 2.96. The maximum absolute atomic E-state index is 12.1. The number of nitrogens with zero attached hydrogens (tertiary/aromatic N) is 1. The molecule has 1 aliphatic carbocycles. The van der Waals surface area contributed by atoms with Gasteiger partial charge in [-0.3, -0.25) is 0 Å².